The van der Waals surface area contributed by atoms with Crippen LogP contribution in [-0.2, 0) is 0 Å². The van der Waals surface area contributed by atoms with Crippen LogP contribution in [0.4, 0.5) is 0 Å². The van der Waals surface area contributed by atoms with E-state index < -0.39 is 12.2 Å². The normalized spacial score (nSPS) is 39.5. The second kappa shape index (κ2) is 3.52. The lowest BCUT2D eigenvalue weighted by Gasteiger charge is -2.35. The fraction of sp³-hybridized carbons (Fsp3) is 1.00. The van der Waals surface area contributed by atoms with Crippen molar-refractivity contribution in [2.45, 2.75) is 37.5 Å². The lowest BCUT2D eigenvalue weighted by molar-refractivity contribution is -0.0536. The van der Waals surface area contributed by atoms with E-state index in [0.29, 0.717) is 0 Å². The van der Waals surface area contributed by atoms with Gasteiger partial charge in [0, 0.05) is 6.04 Å². The van der Waals surface area contributed by atoms with Gasteiger partial charge < -0.3 is 15.1 Å². The molecule has 1 fully saturated rings. The summed E-state index contributed by atoms with van der Waals surface area (Å²) in [5, 5.41) is 18.8. The number of aliphatic hydroxyl groups is 2. The summed E-state index contributed by atoms with van der Waals surface area (Å²) in [4.78, 5) is 1.98. The van der Waals surface area contributed by atoms with Gasteiger partial charge >= 0.3 is 0 Å². The second-order valence-corrected chi connectivity index (χ2v) is 3.52. The van der Waals surface area contributed by atoms with E-state index in [2.05, 4.69) is 0 Å². The Hall–Kier alpha value is -0.120. The lowest BCUT2D eigenvalue weighted by Crippen LogP contribution is -2.48. The van der Waals surface area contributed by atoms with Gasteiger partial charge in [0.1, 0.15) is 0 Å². The van der Waals surface area contributed by atoms with Gasteiger partial charge in [0.15, 0.2) is 0 Å². The van der Waals surface area contributed by atoms with E-state index in [-0.39, 0.29) is 6.04 Å². The van der Waals surface area contributed by atoms with Gasteiger partial charge in [-0.05, 0) is 33.4 Å². The minimum Gasteiger partial charge on any atom is -0.390 e. The molecule has 3 unspecified atom stereocenters. The van der Waals surface area contributed by atoms with Crippen LogP contribution in [0.15, 0.2) is 0 Å². The smallest absolute Gasteiger partial charge is 0.0953 e. The average Bonchev–Trinajstić information content (AvgIpc) is 1.94. The van der Waals surface area contributed by atoms with Crippen molar-refractivity contribution >= 4 is 0 Å². The Bertz CT molecular complexity index is 127. The van der Waals surface area contributed by atoms with Crippen LogP contribution in [0.5, 0.6) is 0 Å². The van der Waals surface area contributed by atoms with Crippen molar-refractivity contribution in [3.05, 3.63) is 0 Å². The Morgan fingerprint density at radius 2 is 1.82 bits per heavy atom. The first kappa shape index (κ1) is 8.97. The Kier molecular flexibility index (Phi) is 2.87. The third kappa shape index (κ3) is 1.92. The molecule has 0 aromatic heterocycles. The van der Waals surface area contributed by atoms with Crippen molar-refractivity contribution < 1.29 is 10.2 Å². The standard InChI is InChI=1S/C8H17NO2/c1-9(2)6-4-3-5-7(10)8(6)11/h6-8,10-11H,3-5H2,1-2H3. The number of likely N-dealkylation sites (N-methyl/N-ethyl adjacent to an activating group) is 1. The SMILES string of the molecule is CN(C)C1CCCC(O)C1O. The minimum atomic E-state index is -0.557. The summed E-state index contributed by atoms with van der Waals surface area (Å²) in [6.45, 7) is 0. The van der Waals surface area contributed by atoms with Crippen molar-refractivity contribution in [1.82, 2.24) is 4.90 Å². The van der Waals surface area contributed by atoms with Crippen molar-refractivity contribution in [3.63, 3.8) is 0 Å². The fourth-order valence-electron chi connectivity index (χ4n) is 1.70. The molecule has 3 heteroatoms. The van der Waals surface area contributed by atoms with E-state index in [0.717, 1.165) is 19.3 Å². The molecule has 1 aliphatic rings. The van der Waals surface area contributed by atoms with Crippen molar-refractivity contribution in [1.29, 1.82) is 0 Å². The molecule has 3 nitrogen and oxygen atoms in total. The minimum absolute atomic E-state index is 0.138. The number of aliphatic hydroxyl groups excluding tert-OH is 2. The molecule has 1 saturated carbocycles. The van der Waals surface area contributed by atoms with Crippen LogP contribution in [-0.4, -0.2) is 47.5 Å². The van der Waals surface area contributed by atoms with Crippen LogP contribution in [0.2, 0.25) is 0 Å². The Morgan fingerprint density at radius 1 is 1.18 bits per heavy atom. The summed E-state index contributed by atoms with van der Waals surface area (Å²) in [5.74, 6) is 0. The van der Waals surface area contributed by atoms with Gasteiger partial charge in [-0.15, -0.1) is 0 Å². The predicted molar refractivity (Wildman–Crippen MR) is 43.3 cm³/mol. The van der Waals surface area contributed by atoms with E-state index in [1.807, 2.05) is 19.0 Å². The average molecular weight is 159 g/mol. The number of rotatable bonds is 1. The maximum Gasteiger partial charge on any atom is 0.0953 e. The van der Waals surface area contributed by atoms with Gasteiger partial charge in [0.2, 0.25) is 0 Å². The van der Waals surface area contributed by atoms with E-state index in [9.17, 15) is 10.2 Å². The first-order valence-corrected chi connectivity index (χ1v) is 4.15. The monoisotopic (exact) mass is 159 g/mol. The largest absolute Gasteiger partial charge is 0.390 e. The molecule has 0 bridgehead atoms. The van der Waals surface area contributed by atoms with Crippen molar-refractivity contribution in [3.8, 4) is 0 Å². The first-order chi connectivity index (χ1) is 5.13. The first-order valence-electron chi connectivity index (χ1n) is 4.15. The Morgan fingerprint density at radius 3 is 2.27 bits per heavy atom. The van der Waals surface area contributed by atoms with Crippen LogP contribution in [0.3, 0.4) is 0 Å². The third-order valence-electron chi connectivity index (χ3n) is 2.45. The fourth-order valence-corrected chi connectivity index (χ4v) is 1.70. The molecule has 0 spiro atoms. The zero-order chi connectivity index (χ0) is 8.43. The highest BCUT2D eigenvalue weighted by Gasteiger charge is 2.31. The van der Waals surface area contributed by atoms with E-state index in [4.69, 9.17) is 0 Å². The second-order valence-electron chi connectivity index (χ2n) is 3.52. The molecule has 0 aliphatic heterocycles. The van der Waals surface area contributed by atoms with E-state index in [1.165, 1.54) is 0 Å². The Balaban J connectivity index is 2.51. The highest BCUT2D eigenvalue weighted by molar-refractivity contribution is 4.85. The van der Waals surface area contributed by atoms with Gasteiger partial charge in [-0.3, -0.25) is 0 Å². The quantitative estimate of drug-likeness (QED) is 0.558. The molecule has 0 aromatic rings. The summed E-state index contributed by atoms with van der Waals surface area (Å²) >= 11 is 0. The summed E-state index contributed by atoms with van der Waals surface area (Å²) < 4.78 is 0. The summed E-state index contributed by atoms with van der Waals surface area (Å²) in [5.41, 5.74) is 0. The predicted octanol–water partition coefficient (Wildman–Crippen LogP) is -0.178. The zero-order valence-electron chi connectivity index (χ0n) is 7.20. The topological polar surface area (TPSA) is 43.7 Å². The summed E-state index contributed by atoms with van der Waals surface area (Å²) in [6, 6.07) is 0.138. The van der Waals surface area contributed by atoms with Crippen molar-refractivity contribution in [2.24, 2.45) is 0 Å². The van der Waals surface area contributed by atoms with Crippen LogP contribution in [0.1, 0.15) is 19.3 Å². The molecule has 3 atom stereocenters. The molecule has 0 amide bonds. The molecule has 0 radical (unpaired) electrons. The molecule has 11 heavy (non-hydrogen) atoms. The molecule has 66 valence electrons. The molecule has 1 rings (SSSR count). The molecule has 0 saturated heterocycles. The van der Waals surface area contributed by atoms with E-state index in [1.54, 1.807) is 0 Å². The van der Waals surface area contributed by atoms with Gasteiger partial charge in [0.05, 0.1) is 12.2 Å². The van der Waals surface area contributed by atoms with Gasteiger partial charge in [-0.1, -0.05) is 0 Å². The number of hydrogen-bond acceptors (Lipinski definition) is 3. The molecule has 0 heterocycles. The zero-order valence-corrected chi connectivity index (χ0v) is 7.20. The summed E-state index contributed by atoms with van der Waals surface area (Å²) in [6.07, 6.45) is 1.67. The van der Waals surface area contributed by atoms with Gasteiger partial charge in [-0.2, -0.15) is 0 Å². The molecule has 1 aliphatic carbocycles. The number of hydrogen-bond donors (Lipinski definition) is 2. The highest BCUT2D eigenvalue weighted by atomic mass is 16.3. The van der Waals surface area contributed by atoms with E-state index >= 15 is 0 Å². The maximum absolute atomic E-state index is 9.52. The maximum atomic E-state index is 9.52. The van der Waals surface area contributed by atoms with Crippen LogP contribution in [0, 0.1) is 0 Å². The summed E-state index contributed by atoms with van der Waals surface area (Å²) in [7, 11) is 3.87. The number of nitrogens with zero attached hydrogens (tertiary/aromatic N) is 1. The Labute approximate surface area is 67.6 Å². The van der Waals surface area contributed by atoms with Gasteiger partial charge in [0.25, 0.3) is 0 Å². The highest BCUT2D eigenvalue weighted by Crippen LogP contribution is 2.21. The molecule has 2 N–H and O–H groups in total. The molecular weight excluding hydrogens is 142 g/mol. The molecule has 0 aromatic carbocycles. The van der Waals surface area contributed by atoms with Crippen LogP contribution in [0.25, 0.3) is 0 Å². The molecular formula is C8H17NO2. The van der Waals surface area contributed by atoms with Crippen molar-refractivity contribution in [2.75, 3.05) is 14.1 Å². The van der Waals surface area contributed by atoms with Crippen LogP contribution >= 0.6 is 0 Å². The third-order valence-corrected chi connectivity index (χ3v) is 2.45. The van der Waals surface area contributed by atoms with Crippen LogP contribution < -0.4 is 0 Å². The lowest BCUT2D eigenvalue weighted by atomic mass is 9.89. The van der Waals surface area contributed by atoms with Gasteiger partial charge in [-0.25, -0.2) is 0 Å².